The molecule has 0 bridgehead atoms. The van der Waals surface area contributed by atoms with Crippen molar-refractivity contribution < 1.29 is 9.53 Å². The molecule has 1 heterocycles. The van der Waals surface area contributed by atoms with Crippen LogP contribution in [0.25, 0.3) is 0 Å². The molecule has 0 aromatic heterocycles. The van der Waals surface area contributed by atoms with Crippen LogP contribution in [0.4, 0.5) is 4.79 Å². The second kappa shape index (κ2) is 9.61. The number of hydrogen-bond acceptors (Lipinski definition) is 4. The van der Waals surface area contributed by atoms with Crippen molar-refractivity contribution in [3.63, 3.8) is 0 Å². The zero-order chi connectivity index (χ0) is 17.4. The molecule has 1 fully saturated rings. The molecule has 0 unspecified atom stereocenters. The molecule has 0 radical (unpaired) electrons. The fourth-order valence-electron chi connectivity index (χ4n) is 2.87. The molecular formula is C18H30N4O2. The number of likely N-dealkylation sites (N-methyl/N-ethyl adjacent to an activating group) is 1. The lowest BCUT2D eigenvalue weighted by Crippen LogP contribution is -2.44. The summed E-state index contributed by atoms with van der Waals surface area (Å²) < 4.78 is 5.03. The van der Waals surface area contributed by atoms with Gasteiger partial charge in [0.15, 0.2) is 0 Å². The molecule has 0 saturated carbocycles. The van der Waals surface area contributed by atoms with E-state index < -0.39 is 0 Å². The number of ether oxygens (including phenoxy) is 1. The van der Waals surface area contributed by atoms with Gasteiger partial charge < -0.3 is 20.3 Å². The van der Waals surface area contributed by atoms with Crippen molar-refractivity contribution >= 4 is 6.03 Å². The summed E-state index contributed by atoms with van der Waals surface area (Å²) in [5.41, 5.74) is 2.46. The van der Waals surface area contributed by atoms with Gasteiger partial charge in [0.05, 0.1) is 12.6 Å². The van der Waals surface area contributed by atoms with Gasteiger partial charge in [-0.05, 0) is 25.1 Å². The van der Waals surface area contributed by atoms with Gasteiger partial charge in [-0.1, -0.05) is 24.3 Å². The number of rotatable bonds is 7. The van der Waals surface area contributed by atoms with Crippen LogP contribution in [0.2, 0.25) is 0 Å². The highest BCUT2D eigenvalue weighted by Gasteiger charge is 2.15. The van der Waals surface area contributed by atoms with Crippen LogP contribution in [0.1, 0.15) is 18.1 Å². The molecule has 1 aromatic carbocycles. The molecule has 1 aromatic rings. The Hall–Kier alpha value is -1.63. The van der Waals surface area contributed by atoms with Gasteiger partial charge in [0, 0.05) is 46.4 Å². The van der Waals surface area contributed by atoms with E-state index >= 15 is 0 Å². The maximum atomic E-state index is 11.9. The maximum absolute atomic E-state index is 11.9. The number of benzene rings is 1. The van der Waals surface area contributed by atoms with Crippen LogP contribution >= 0.6 is 0 Å². The number of nitrogens with one attached hydrogen (secondary N) is 2. The lowest BCUT2D eigenvalue weighted by Gasteiger charge is -2.32. The van der Waals surface area contributed by atoms with Crippen LogP contribution in [0.3, 0.4) is 0 Å². The van der Waals surface area contributed by atoms with Crippen molar-refractivity contribution in [1.82, 2.24) is 20.4 Å². The van der Waals surface area contributed by atoms with Gasteiger partial charge in [-0.3, -0.25) is 4.90 Å². The number of urea groups is 1. The van der Waals surface area contributed by atoms with Crippen LogP contribution in [0.5, 0.6) is 0 Å². The number of hydrogen-bond donors (Lipinski definition) is 2. The maximum Gasteiger partial charge on any atom is 0.315 e. The molecule has 1 aliphatic rings. The third-order valence-electron chi connectivity index (χ3n) is 4.34. The van der Waals surface area contributed by atoms with Crippen LogP contribution < -0.4 is 10.6 Å². The van der Waals surface area contributed by atoms with Crippen molar-refractivity contribution in [2.24, 2.45) is 0 Å². The Balaban J connectivity index is 1.85. The van der Waals surface area contributed by atoms with Crippen molar-refractivity contribution in [1.29, 1.82) is 0 Å². The molecule has 2 N–H and O–H groups in total. The van der Waals surface area contributed by atoms with Crippen molar-refractivity contribution in [2.75, 3.05) is 46.9 Å². The van der Waals surface area contributed by atoms with E-state index in [0.29, 0.717) is 13.2 Å². The van der Waals surface area contributed by atoms with Gasteiger partial charge in [-0.25, -0.2) is 4.79 Å². The van der Waals surface area contributed by atoms with Crippen LogP contribution in [-0.4, -0.2) is 68.8 Å². The standard InChI is InChI=1S/C18H30N4O2/c1-15(14-24-3)20-18(23)19-12-16-6-4-5-7-17(16)13-22-10-8-21(2)9-11-22/h4-7,15H,8-14H2,1-3H3,(H2,19,20,23)/t15-/m0/s1. The summed E-state index contributed by atoms with van der Waals surface area (Å²) in [5.74, 6) is 0. The number of nitrogens with zero attached hydrogens (tertiary/aromatic N) is 2. The number of piperazine rings is 1. The minimum Gasteiger partial charge on any atom is -0.383 e. The average molecular weight is 334 g/mol. The highest BCUT2D eigenvalue weighted by molar-refractivity contribution is 5.74. The van der Waals surface area contributed by atoms with Crippen LogP contribution in [0.15, 0.2) is 24.3 Å². The Kier molecular flexibility index (Phi) is 7.49. The van der Waals surface area contributed by atoms with Gasteiger partial charge in [0.1, 0.15) is 0 Å². The Morgan fingerprint density at radius 3 is 2.54 bits per heavy atom. The first-order valence-electron chi connectivity index (χ1n) is 8.59. The number of carbonyl (C=O) groups is 1. The molecule has 6 nitrogen and oxygen atoms in total. The van der Waals surface area contributed by atoms with E-state index in [-0.39, 0.29) is 12.1 Å². The highest BCUT2D eigenvalue weighted by Crippen LogP contribution is 2.13. The molecule has 134 valence electrons. The summed E-state index contributed by atoms with van der Waals surface area (Å²) in [4.78, 5) is 16.8. The summed E-state index contributed by atoms with van der Waals surface area (Å²) in [6, 6.07) is 8.17. The second-order valence-electron chi connectivity index (χ2n) is 6.53. The lowest BCUT2D eigenvalue weighted by molar-refractivity contribution is 0.148. The zero-order valence-corrected chi connectivity index (χ0v) is 15.0. The van der Waals surface area contributed by atoms with Crippen LogP contribution in [-0.2, 0) is 17.8 Å². The third kappa shape index (κ3) is 6.11. The summed E-state index contributed by atoms with van der Waals surface area (Å²) in [5, 5.41) is 5.81. The van der Waals surface area contributed by atoms with E-state index in [1.807, 2.05) is 13.0 Å². The number of methoxy groups -OCH3 is 1. The zero-order valence-electron chi connectivity index (χ0n) is 15.0. The minimum absolute atomic E-state index is 0.00409. The summed E-state index contributed by atoms with van der Waals surface area (Å²) >= 11 is 0. The number of amides is 2. The van der Waals surface area contributed by atoms with E-state index in [1.165, 1.54) is 11.1 Å². The van der Waals surface area contributed by atoms with Gasteiger partial charge in [0.2, 0.25) is 0 Å². The molecule has 2 rings (SSSR count). The Labute approximate surface area is 145 Å². The molecule has 6 heteroatoms. The Morgan fingerprint density at radius 1 is 1.21 bits per heavy atom. The van der Waals surface area contributed by atoms with Crippen molar-refractivity contribution in [3.05, 3.63) is 35.4 Å². The first kappa shape index (κ1) is 18.7. The molecule has 2 amide bonds. The van der Waals surface area contributed by atoms with E-state index in [0.717, 1.165) is 32.7 Å². The van der Waals surface area contributed by atoms with E-state index in [4.69, 9.17) is 4.74 Å². The molecule has 0 spiro atoms. The van der Waals surface area contributed by atoms with Gasteiger partial charge >= 0.3 is 6.03 Å². The van der Waals surface area contributed by atoms with Crippen molar-refractivity contribution in [3.8, 4) is 0 Å². The fraction of sp³-hybridized carbons (Fsp3) is 0.611. The van der Waals surface area contributed by atoms with E-state index in [1.54, 1.807) is 7.11 Å². The molecule has 24 heavy (non-hydrogen) atoms. The first-order valence-corrected chi connectivity index (χ1v) is 8.59. The predicted octanol–water partition coefficient (Wildman–Crippen LogP) is 1.27. The monoisotopic (exact) mass is 334 g/mol. The lowest BCUT2D eigenvalue weighted by atomic mass is 10.1. The summed E-state index contributed by atoms with van der Waals surface area (Å²) in [6.07, 6.45) is 0. The van der Waals surface area contributed by atoms with Gasteiger partial charge in [-0.15, -0.1) is 0 Å². The topological polar surface area (TPSA) is 56.8 Å². The summed E-state index contributed by atoms with van der Waals surface area (Å²) in [7, 11) is 3.79. The average Bonchev–Trinajstić information content (AvgIpc) is 2.56. The number of carbonyl (C=O) groups excluding carboxylic acids is 1. The third-order valence-corrected chi connectivity index (χ3v) is 4.34. The smallest absolute Gasteiger partial charge is 0.315 e. The quantitative estimate of drug-likeness (QED) is 0.788. The minimum atomic E-state index is -0.158. The molecule has 0 aliphatic carbocycles. The SMILES string of the molecule is COC[C@H](C)NC(=O)NCc1ccccc1CN1CCN(C)CC1. The Bertz CT molecular complexity index is 515. The fourth-order valence-corrected chi connectivity index (χ4v) is 2.87. The predicted molar refractivity (Wildman–Crippen MR) is 95.9 cm³/mol. The summed E-state index contributed by atoms with van der Waals surface area (Å²) in [6.45, 7) is 8.31. The molecular weight excluding hydrogens is 304 g/mol. The Morgan fingerprint density at radius 2 is 1.88 bits per heavy atom. The normalized spacial score (nSPS) is 17.5. The van der Waals surface area contributed by atoms with E-state index in [2.05, 4.69) is 45.7 Å². The molecule has 1 saturated heterocycles. The largest absolute Gasteiger partial charge is 0.383 e. The highest BCUT2D eigenvalue weighted by atomic mass is 16.5. The van der Waals surface area contributed by atoms with Crippen molar-refractivity contribution in [2.45, 2.75) is 26.1 Å². The van der Waals surface area contributed by atoms with E-state index in [9.17, 15) is 4.79 Å². The molecule has 1 atom stereocenters. The molecule has 1 aliphatic heterocycles. The first-order chi connectivity index (χ1) is 11.6. The van der Waals surface area contributed by atoms with Gasteiger partial charge in [0.25, 0.3) is 0 Å². The van der Waals surface area contributed by atoms with Gasteiger partial charge in [-0.2, -0.15) is 0 Å². The second-order valence-corrected chi connectivity index (χ2v) is 6.53. The van der Waals surface area contributed by atoms with Crippen LogP contribution in [0, 0.1) is 0 Å².